The van der Waals surface area contributed by atoms with E-state index in [1.165, 1.54) is 16.4 Å². The summed E-state index contributed by atoms with van der Waals surface area (Å²) in [6.45, 7) is -0.202. The molecule has 27 heavy (non-hydrogen) atoms. The normalized spacial score (nSPS) is 28.0. The van der Waals surface area contributed by atoms with Gasteiger partial charge in [0.1, 0.15) is 16.7 Å². The van der Waals surface area contributed by atoms with Crippen molar-refractivity contribution in [3.8, 4) is 5.75 Å². The number of fused-ring (bicyclic) bond motifs is 2. The molecular weight excluding hydrogens is 394 g/mol. The fraction of sp³-hybridized carbons (Fsp3) is 0.529. The molecule has 0 radical (unpaired) electrons. The molecule has 1 saturated heterocycles. The summed E-state index contributed by atoms with van der Waals surface area (Å²) in [5.74, 6) is -0.635. The highest BCUT2D eigenvalue weighted by Gasteiger charge is 2.51. The predicted octanol–water partition coefficient (Wildman–Crippen LogP) is 1.48. The number of benzene rings is 1. The van der Waals surface area contributed by atoms with Gasteiger partial charge in [-0.15, -0.1) is 0 Å². The molecule has 1 saturated carbocycles. The molecule has 1 aromatic rings. The second kappa shape index (κ2) is 6.65. The van der Waals surface area contributed by atoms with E-state index in [9.17, 15) is 18.0 Å². The molecule has 2 aliphatic heterocycles. The summed E-state index contributed by atoms with van der Waals surface area (Å²) in [4.78, 5) is 23.3. The molecule has 2 heterocycles. The van der Waals surface area contributed by atoms with Crippen LogP contribution in [0.5, 0.6) is 5.75 Å². The van der Waals surface area contributed by atoms with Crippen LogP contribution >= 0.6 is 11.6 Å². The first-order valence-corrected chi connectivity index (χ1v) is 10.7. The molecule has 4 rings (SSSR count). The number of carbonyl (C=O) groups excluding carboxylic acids is 2. The SMILES string of the molecule is NC(=O)[C@@H]1C[C@H]2CCCC[C@@H]2N1S(=O)(=O)c1cc2c(cc1Cl)NC(=O)CO2. The number of hydrogen-bond acceptors (Lipinski definition) is 5. The zero-order chi connectivity index (χ0) is 19.3. The lowest BCUT2D eigenvalue weighted by Gasteiger charge is -2.32. The van der Waals surface area contributed by atoms with Crippen molar-refractivity contribution in [2.24, 2.45) is 11.7 Å². The topological polar surface area (TPSA) is 119 Å². The van der Waals surface area contributed by atoms with Gasteiger partial charge in [0.2, 0.25) is 15.9 Å². The van der Waals surface area contributed by atoms with Gasteiger partial charge in [-0.25, -0.2) is 8.42 Å². The van der Waals surface area contributed by atoms with Crippen molar-refractivity contribution in [2.45, 2.75) is 49.1 Å². The molecule has 2 fully saturated rings. The zero-order valence-electron chi connectivity index (χ0n) is 14.5. The monoisotopic (exact) mass is 413 g/mol. The van der Waals surface area contributed by atoms with Crippen molar-refractivity contribution < 1.29 is 22.7 Å². The van der Waals surface area contributed by atoms with E-state index < -0.39 is 22.0 Å². The minimum Gasteiger partial charge on any atom is -0.482 e. The zero-order valence-corrected chi connectivity index (χ0v) is 16.1. The third kappa shape index (κ3) is 3.07. The number of sulfonamides is 1. The van der Waals surface area contributed by atoms with Gasteiger partial charge in [0, 0.05) is 12.1 Å². The third-order valence-corrected chi connectivity index (χ3v) is 7.98. The smallest absolute Gasteiger partial charge is 0.262 e. The van der Waals surface area contributed by atoms with E-state index in [1.807, 2.05) is 0 Å². The second-order valence-corrected chi connectivity index (χ2v) is 9.44. The van der Waals surface area contributed by atoms with Crippen molar-refractivity contribution in [2.75, 3.05) is 11.9 Å². The van der Waals surface area contributed by atoms with Gasteiger partial charge in [0.05, 0.1) is 10.7 Å². The van der Waals surface area contributed by atoms with Crippen LogP contribution in [-0.4, -0.2) is 43.2 Å². The Bertz CT molecular complexity index is 919. The first kappa shape index (κ1) is 18.5. The highest BCUT2D eigenvalue weighted by molar-refractivity contribution is 7.89. The van der Waals surface area contributed by atoms with Gasteiger partial charge >= 0.3 is 0 Å². The van der Waals surface area contributed by atoms with E-state index in [0.717, 1.165) is 19.3 Å². The average Bonchev–Trinajstić information content (AvgIpc) is 3.01. The standard InChI is InChI=1S/C17H20ClN3O5S/c18-10-6-11-14(26-8-16(22)20-11)7-15(10)27(24,25)21-12-4-2-1-3-9(12)5-13(21)17(19)23/h6-7,9,12-13H,1-5,8H2,(H2,19,23)(H,20,22)/t9-,12+,13+/m1/s1. The molecule has 8 nitrogen and oxygen atoms in total. The largest absolute Gasteiger partial charge is 0.482 e. The van der Waals surface area contributed by atoms with Crippen molar-refractivity contribution in [1.82, 2.24) is 4.31 Å². The van der Waals surface area contributed by atoms with Crippen LogP contribution in [0.15, 0.2) is 17.0 Å². The molecule has 3 aliphatic rings. The number of ether oxygens (including phenoxy) is 1. The van der Waals surface area contributed by atoms with Crippen molar-refractivity contribution >= 4 is 39.1 Å². The van der Waals surface area contributed by atoms with E-state index in [4.69, 9.17) is 22.1 Å². The number of rotatable bonds is 3. The van der Waals surface area contributed by atoms with Gasteiger partial charge < -0.3 is 15.8 Å². The fourth-order valence-electron chi connectivity index (χ4n) is 4.40. The number of hydrogen-bond donors (Lipinski definition) is 2. The molecule has 146 valence electrons. The van der Waals surface area contributed by atoms with Crippen LogP contribution in [0.2, 0.25) is 5.02 Å². The summed E-state index contributed by atoms with van der Waals surface area (Å²) in [6, 6.07) is 1.53. The maximum Gasteiger partial charge on any atom is 0.262 e. The molecule has 1 aromatic carbocycles. The quantitative estimate of drug-likeness (QED) is 0.777. The van der Waals surface area contributed by atoms with Crippen molar-refractivity contribution in [3.63, 3.8) is 0 Å². The number of nitrogens with zero attached hydrogens (tertiary/aromatic N) is 1. The van der Waals surface area contributed by atoms with Gasteiger partial charge in [0.15, 0.2) is 6.61 Å². The molecule has 2 amide bonds. The Balaban J connectivity index is 1.78. The Morgan fingerprint density at radius 3 is 2.78 bits per heavy atom. The molecule has 1 aliphatic carbocycles. The first-order valence-electron chi connectivity index (χ1n) is 8.88. The Kier molecular flexibility index (Phi) is 4.56. The van der Waals surface area contributed by atoms with Gasteiger partial charge in [-0.05, 0) is 31.2 Å². The number of primary amides is 1. The van der Waals surface area contributed by atoms with Crippen molar-refractivity contribution in [1.29, 1.82) is 0 Å². The van der Waals surface area contributed by atoms with Crippen LogP contribution < -0.4 is 15.8 Å². The van der Waals surface area contributed by atoms with Crippen LogP contribution in [0.4, 0.5) is 5.69 Å². The summed E-state index contributed by atoms with van der Waals surface area (Å²) in [7, 11) is -4.07. The summed E-state index contributed by atoms with van der Waals surface area (Å²) in [5.41, 5.74) is 5.85. The number of nitrogens with one attached hydrogen (secondary N) is 1. The van der Waals surface area contributed by atoms with Gasteiger partial charge in [-0.3, -0.25) is 9.59 Å². The molecule has 10 heteroatoms. The molecular formula is C17H20ClN3O5S. The maximum atomic E-state index is 13.5. The molecule has 0 bridgehead atoms. The Hall–Kier alpha value is -1.84. The van der Waals surface area contributed by atoms with E-state index in [1.54, 1.807) is 0 Å². The highest BCUT2D eigenvalue weighted by Crippen LogP contribution is 2.45. The fourth-order valence-corrected chi connectivity index (χ4v) is 6.80. The van der Waals surface area contributed by atoms with Crippen molar-refractivity contribution in [3.05, 3.63) is 17.2 Å². The number of nitrogens with two attached hydrogens (primary N) is 1. The second-order valence-electron chi connectivity index (χ2n) is 7.22. The summed E-state index contributed by atoms with van der Waals surface area (Å²) in [5, 5.41) is 2.55. The lowest BCUT2D eigenvalue weighted by Crippen LogP contribution is -2.48. The summed E-state index contributed by atoms with van der Waals surface area (Å²) < 4.78 is 33.5. The minimum atomic E-state index is -4.07. The van der Waals surface area contributed by atoms with E-state index in [2.05, 4.69) is 5.32 Å². The van der Waals surface area contributed by atoms with Gasteiger partial charge in [0.25, 0.3) is 5.91 Å². The molecule has 3 N–H and O–H groups in total. The van der Waals surface area contributed by atoms with Crippen LogP contribution in [0.3, 0.4) is 0 Å². The Morgan fingerprint density at radius 2 is 2.04 bits per heavy atom. The molecule has 0 unspecified atom stereocenters. The van der Waals surface area contributed by atoms with Crippen LogP contribution in [0, 0.1) is 5.92 Å². The lowest BCUT2D eigenvalue weighted by molar-refractivity contribution is -0.121. The number of anilines is 1. The predicted molar refractivity (Wildman–Crippen MR) is 97.9 cm³/mol. The third-order valence-electron chi connectivity index (χ3n) is 5.58. The van der Waals surface area contributed by atoms with Crippen LogP contribution in [0.1, 0.15) is 32.1 Å². The Labute approximate surface area is 162 Å². The average molecular weight is 414 g/mol. The Morgan fingerprint density at radius 1 is 1.30 bits per heavy atom. The number of amides is 2. The number of carbonyl (C=O) groups is 2. The van der Waals surface area contributed by atoms with E-state index in [0.29, 0.717) is 18.5 Å². The van der Waals surface area contributed by atoms with Gasteiger partial charge in [-0.1, -0.05) is 24.4 Å². The number of halogens is 1. The first-order chi connectivity index (χ1) is 12.8. The maximum absolute atomic E-state index is 13.5. The summed E-state index contributed by atoms with van der Waals surface area (Å²) >= 11 is 6.25. The minimum absolute atomic E-state index is 0.0398. The van der Waals surface area contributed by atoms with Crippen LogP contribution in [0.25, 0.3) is 0 Å². The highest BCUT2D eigenvalue weighted by atomic mass is 35.5. The van der Waals surface area contributed by atoms with E-state index in [-0.39, 0.29) is 40.1 Å². The summed E-state index contributed by atoms with van der Waals surface area (Å²) in [6.07, 6.45) is 3.95. The molecule has 0 spiro atoms. The molecule has 0 aromatic heterocycles. The van der Waals surface area contributed by atoms with E-state index >= 15 is 0 Å². The lowest BCUT2D eigenvalue weighted by atomic mass is 9.85. The van der Waals surface area contributed by atoms with Gasteiger partial charge in [-0.2, -0.15) is 4.31 Å². The molecule has 3 atom stereocenters. The van der Waals surface area contributed by atoms with Crippen LogP contribution in [-0.2, 0) is 19.6 Å².